The largest absolute Gasteiger partial charge is 0.389 e. The van der Waals surface area contributed by atoms with Crippen LogP contribution in [0.5, 0.6) is 0 Å². The van der Waals surface area contributed by atoms with Gasteiger partial charge >= 0.3 is 0 Å². The minimum absolute atomic E-state index is 0.331. The number of aliphatic hydroxyl groups excluding tert-OH is 1. The van der Waals surface area contributed by atoms with Crippen molar-refractivity contribution in [3.63, 3.8) is 0 Å². The fraction of sp³-hybridized carbons (Fsp3) is 0.471. The van der Waals surface area contributed by atoms with Gasteiger partial charge in [0, 0.05) is 33.7 Å². The van der Waals surface area contributed by atoms with E-state index in [4.69, 9.17) is 5.73 Å². The van der Waals surface area contributed by atoms with Gasteiger partial charge in [0.25, 0.3) is 0 Å². The van der Waals surface area contributed by atoms with Gasteiger partial charge < -0.3 is 16.2 Å². The molecular weight excluding hydrogens is 342 g/mol. The highest BCUT2D eigenvalue weighted by Gasteiger charge is 2.21. The quantitative estimate of drug-likeness (QED) is 0.776. The van der Waals surface area contributed by atoms with E-state index < -0.39 is 6.10 Å². The molecule has 22 heavy (non-hydrogen) atoms. The third-order valence-electron chi connectivity index (χ3n) is 4.43. The van der Waals surface area contributed by atoms with E-state index in [-0.39, 0.29) is 0 Å². The lowest BCUT2D eigenvalue weighted by Crippen LogP contribution is -2.33. The first-order valence-electron chi connectivity index (χ1n) is 7.83. The molecule has 1 unspecified atom stereocenters. The molecule has 4 N–H and O–H groups in total. The molecule has 0 radical (unpaired) electrons. The Morgan fingerprint density at radius 1 is 1.32 bits per heavy atom. The van der Waals surface area contributed by atoms with Gasteiger partial charge in [-0.1, -0.05) is 15.9 Å². The van der Waals surface area contributed by atoms with Crippen LogP contribution in [0.1, 0.15) is 44.3 Å². The molecule has 0 bridgehead atoms. The van der Waals surface area contributed by atoms with E-state index >= 15 is 0 Å². The van der Waals surface area contributed by atoms with Crippen molar-refractivity contribution < 1.29 is 5.11 Å². The lowest BCUT2D eigenvalue weighted by molar-refractivity contribution is 0.199. The van der Waals surface area contributed by atoms with Gasteiger partial charge in [-0.05, 0) is 50.8 Å². The van der Waals surface area contributed by atoms with Crippen molar-refractivity contribution in [2.45, 2.75) is 50.8 Å². The fourth-order valence-corrected chi connectivity index (χ4v) is 3.49. The Morgan fingerprint density at radius 2 is 2.05 bits per heavy atom. The Labute approximate surface area is 139 Å². The van der Waals surface area contributed by atoms with Crippen LogP contribution in [-0.4, -0.2) is 22.2 Å². The number of halogens is 1. The van der Waals surface area contributed by atoms with E-state index in [1.165, 1.54) is 0 Å². The molecular formula is C17H22BrN3O. The highest BCUT2D eigenvalue weighted by molar-refractivity contribution is 9.10. The summed E-state index contributed by atoms with van der Waals surface area (Å²) in [5.41, 5.74) is 8.78. The van der Waals surface area contributed by atoms with Gasteiger partial charge in [-0.25, -0.2) is 0 Å². The van der Waals surface area contributed by atoms with Crippen LogP contribution in [0.2, 0.25) is 0 Å². The molecule has 118 valence electrons. The third-order valence-corrected chi connectivity index (χ3v) is 4.92. The van der Waals surface area contributed by atoms with Crippen molar-refractivity contribution in [1.82, 2.24) is 4.98 Å². The van der Waals surface area contributed by atoms with Crippen molar-refractivity contribution in [2.24, 2.45) is 5.73 Å². The van der Waals surface area contributed by atoms with E-state index in [2.05, 4.69) is 32.3 Å². The van der Waals surface area contributed by atoms with Crippen molar-refractivity contribution in [1.29, 1.82) is 0 Å². The number of anilines is 1. The number of hydrogen-bond acceptors (Lipinski definition) is 4. The SMILES string of the molecule is CC(O)c1cnc2ccc(Br)cc2c1NC1CCC(N)CC1. The predicted molar refractivity (Wildman–Crippen MR) is 93.9 cm³/mol. The Balaban J connectivity index is 2.00. The van der Waals surface area contributed by atoms with E-state index in [9.17, 15) is 5.11 Å². The Kier molecular flexibility index (Phi) is 4.66. The van der Waals surface area contributed by atoms with Crippen LogP contribution in [0.4, 0.5) is 5.69 Å². The third kappa shape index (κ3) is 3.26. The molecule has 1 aliphatic rings. The lowest BCUT2D eigenvalue weighted by Gasteiger charge is -2.29. The van der Waals surface area contributed by atoms with Crippen LogP contribution in [0, 0.1) is 0 Å². The molecule has 0 spiro atoms. The van der Waals surface area contributed by atoms with Gasteiger partial charge in [-0.2, -0.15) is 0 Å². The fourth-order valence-electron chi connectivity index (χ4n) is 3.13. The molecule has 1 fully saturated rings. The molecule has 1 saturated carbocycles. The van der Waals surface area contributed by atoms with Crippen molar-refractivity contribution in [3.8, 4) is 0 Å². The predicted octanol–water partition coefficient (Wildman–Crippen LogP) is 3.73. The average Bonchev–Trinajstić information content (AvgIpc) is 2.49. The molecule has 1 aromatic carbocycles. The lowest BCUT2D eigenvalue weighted by atomic mass is 9.91. The van der Waals surface area contributed by atoms with E-state index in [1.54, 1.807) is 13.1 Å². The zero-order chi connectivity index (χ0) is 15.7. The molecule has 5 heteroatoms. The van der Waals surface area contributed by atoms with Gasteiger partial charge in [0.1, 0.15) is 0 Å². The first-order chi connectivity index (χ1) is 10.5. The van der Waals surface area contributed by atoms with Crippen molar-refractivity contribution in [3.05, 3.63) is 34.4 Å². The molecule has 1 atom stereocenters. The number of fused-ring (bicyclic) bond motifs is 1. The van der Waals surface area contributed by atoms with Crippen LogP contribution in [0.3, 0.4) is 0 Å². The van der Waals surface area contributed by atoms with E-state index in [0.29, 0.717) is 12.1 Å². The molecule has 1 aliphatic carbocycles. The minimum atomic E-state index is -0.552. The summed E-state index contributed by atoms with van der Waals surface area (Å²) in [7, 11) is 0. The van der Waals surface area contributed by atoms with Crippen LogP contribution in [0.15, 0.2) is 28.9 Å². The maximum Gasteiger partial charge on any atom is 0.0797 e. The first-order valence-corrected chi connectivity index (χ1v) is 8.62. The normalized spacial score (nSPS) is 23.5. The summed E-state index contributed by atoms with van der Waals surface area (Å²) in [6, 6.07) is 6.78. The zero-order valence-electron chi connectivity index (χ0n) is 12.7. The number of nitrogens with two attached hydrogens (primary N) is 1. The number of aliphatic hydroxyl groups is 1. The summed E-state index contributed by atoms with van der Waals surface area (Å²) in [6.45, 7) is 1.78. The van der Waals surface area contributed by atoms with Crippen LogP contribution >= 0.6 is 15.9 Å². The first kappa shape index (κ1) is 15.7. The van der Waals surface area contributed by atoms with Crippen molar-refractivity contribution >= 4 is 32.5 Å². The number of pyridine rings is 1. The second kappa shape index (κ2) is 6.52. The Bertz CT molecular complexity index is 666. The molecule has 0 saturated heterocycles. The molecule has 0 amide bonds. The van der Waals surface area contributed by atoms with Gasteiger partial charge in [-0.15, -0.1) is 0 Å². The number of hydrogen-bond donors (Lipinski definition) is 3. The second-order valence-electron chi connectivity index (χ2n) is 6.18. The average molecular weight is 364 g/mol. The van der Waals surface area contributed by atoms with Crippen LogP contribution in [-0.2, 0) is 0 Å². The summed E-state index contributed by atoms with van der Waals surface area (Å²) in [4.78, 5) is 4.47. The topological polar surface area (TPSA) is 71.2 Å². The smallest absolute Gasteiger partial charge is 0.0797 e. The van der Waals surface area contributed by atoms with Crippen LogP contribution < -0.4 is 11.1 Å². The number of nitrogens with zero attached hydrogens (tertiary/aromatic N) is 1. The number of aromatic nitrogens is 1. The maximum atomic E-state index is 10.1. The number of rotatable bonds is 3. The van der Waals surface area contributed by atoms with E-state index in [1.807, 2.05) is 12.1 Å². The standard InChI is InChI=1S/C17H22BrN3O/c1-10(22)15-9-20-16-7-2-11(18)8-14(16)17(15)21-13-5-3-12(19)4-6-13/h2,7-10,12-13,22H,3-6,19H2,1H3,(H,20,21). The highest BCUT2D eigenvalue weighted by atomic mass is 79.9. The van der Waals surface area contributed by atoms with Gasteiger partial charge in [0.15, 0.2) is 0 Å². The van der Waals surface area contributed by atoms with E-state index in [0.717, 1.165) is 52.3 Å². The zero-order valence-corrected chi connectivity index (χ0v) is 14.3. The van der Waals surface area contributed by atoms with Gasteiger partial charge in [0.05, 0.1) is 17.3 Å². The number of benzene rings is 1. The molecule has 4 nitrogen and oxygen atoms in total. The summed E-state index contributed by atoms with van der Waals surface area (Å²) in [6.07, 6.45) is 5.46. The summed E-state index contributed by atoms with van der Waals surface area (Å²) >= 11 is 3.53. The maximum absolute atomic E-state index is 10.1. The monoisotopic (exact) mass is 363 g/mol. The number of nitrogens with one attached hydrogen (secondary N) is 1. The molecule has 0 aliphatic heterocycles. The Hall–Kier alpha value is -1.17. The summed E-state index contributed by atoms with van der Waals surface area (Å²) in [5.74, 6) is 0. The summed E-state index contributed by atoms with van der Waals surface area (Å²) < 4.78 is 1.01. The van der Waals surface area contributed by atoms with Crippen LogP contribution in [0.25, 0.3) is 10.9 Å². The van der Waals surface area contributed by atoms with Gasteiger partial charge in [-0.3, -0.25) is 4.98 Å². The molecule has 2 aromatic rings. The molecule has 3 rings (SSSR count). The minimum Gasteiger partial charge on any atom is -0.389 e. The molecule has 1 heterocycles. The van der Waals surface area contributed by atoms with Crippen molar-refractivity contribution in [2.75, 3.05) is 5.32 Å². The Morgan fingerprint density at radius 3 is 2.73 bits per heavy atom. The molecule has 1 aromatic heterocycles. The highest BCUT2D eigenvalue weighted by Crippen LogP contribution is 2.34. The van der Waals surface area contributed by atoms with Gasteiger partial charge in [0.2, 0.25) is 0 Å². The second-order valence-corrected chi connectivity index (χ2v) is 7.10. The summed E-state index contributed by atoms with van der Waals surface area (Å²) in [5, 5.41) is 14.8.